The van der Waals surface area contributed by atoms with Gasteiger partial charge in [0, 0.05) is 56.6 Å². The Bertz CT molecular complexity index is 989. The van der Waals surface area contributed by atoms with E-state index >= 15 is 0 Å². The number of nitrogens with zero attached hydrogens (tertiary/aromatic N) is 4. The van der Waals surface area contributed by atoms with Crippen LogP contribution in [0.5, 0.6) is 0 Å². The highest BCUT2D eigenvalue weighted by atomic mass is 127. The first-order chi connectivity index (χ1) is 14.2. The molecule has 3 heterocycles. The zero-order valence-corrected chi connectivity index (χ0v) is 20.2. The molecule has 0 spiro atoms. The number of aryl methyl sites for hydroxylation is 2. The van der Waals surface area contributed by atoms with Crippen molar-refractivity contribution in [3.05, 3.63) is 47.2 Å². The van der Waals surface area contributed by atoms with Gasteiger partial charge in [0.2, 0.25) is 0 Å². The van der Waals surface area contributed by atoms with Crippen LogP contribution in [0.3, 0.4) is 0 Å². The smallest absolute Gasteiger partial charge is 0.191 e. The second kappa shape index (κ2) is 10.8. The van der Waals surface area contributed by atoms with Gasteiger partial charge in [-0.1, -0.05) is 18.6 Å². The van der Waals surface area contributed by atoms with Gasteiger partial charge in [0.15, 0.2) is 5.96 Å². The molecule has 1 aliphatic heterocycles. The summed E-state index contributed by atoms with van der Waals surface area (Å²) in [5, 5.41) is 16.9. The molecule has 1 aromatic carbocycles. The fraction of sp³-hybridized carbons (Fsp3) is 0.500. The standard InChI is InChI=1S/C22H31N7.HI/c1-16-7-8-18-17(15-26-19(18)14-16)9-11-24-22(23-2)25-12-10-21-28-27-20-6-4-3-5-13-29(20)21;/h7-8,14-15,26H,3-6,9-13H2,1-2H3,(H2,23,24,25);1H. The average Bonchev–Trinajstić information content (AvgIpc) is 3.21. The van der Waals surface area contributed by atoms with E-state index in [1.54, 1.807) is 0 Å². The quantitative estimate of drug-likeness (QED) is 0.264. The molecule has 0 bridgehead atoms. The average molecular weight is 521 g/mol. The molecule has 0 saturated carbocycles. The SMILES string of the molecule is CN=C(NCCc1c[nH]c2cc(C)ccc12)NCCc1nnc2n1CCCCC2.I. The third kappa shape index (κ3) is 5.33. The van der Waals surface area contributed by atoms with E-state index in [1.807, 2.05) is 7.05 Å². The molecule has 4 rings (SSSR count). The van der Waals surface area contributed by atoms with Crippen molar-refractivity contribution in [2.75, 3.05) is 20.1 Å². The van der Waals surface area contributed by atoms with Crippen LogP contribution in [-0.4, -0.2) is 45.8 Å². The summed E-state index contributed by atoms with van der Waals surface area (Å²) >= 11 is 0. The highest BCUT2D eigenvalue weighted by Gasteiger charge is 2.14. The van der Waals surface area contributed by atoms with Crippen molar-refractivity contribution in [3.8, 4) is 0 Å². The largest absolute Gasteiger partial charge is 0.361 e. The van der Waals surface area contributed by atoms with E-state index in [0.29, 0.717) is 0 Å². The van der Waals surface area contributed by atoms with Gasteiger partial charge < -0.3 is 20.2 Å². The number of hydrogen-bond acceptors (Lipinski definition) is 3. The molecule has 0 unspecified atom stereocenters. The number of aliphatic imine (C=N–C) groups is 1. The van der Waals surface area contributed by atoms with Crippen molar-refractivity contribution in [1.82, 2.24) is 30.4 Å². The molecular weight excluding hydrogens is 489 g/mol. The molecule has 30 heavy (non-hydrogen) atoms. The Labute approximate surface area is 195 Å². The van der Waals surface area contributed by atoms with Crippen LogP contribution in [0, 0.1) is 6.92 Å². The predicted molar refractivity (Wildman–Crippen MR) is 133 cm³/mol. The lowest BCUT2D eigenvalue weighted by Crippen LogP contribution is -2.39. The number of nitrogens with one attached hydrogen (secondary N) is 3. The van der Waals surface area contributed by atoms with Gasteiger partial charge in [-0.25, -0.2) is 0 Å². The van der Waals surface area contributed by atoms with Gasteiger partial charge >= 0.3 is 0 Å². The zero-order chi connectivity index (χ0) is 20.1. The van der Waals surface area contributed by atoms with E-state index in [0.717, 1.165) is 56.5 Å². The number of guanidine groups is 1. The maximum atomic E-state index is 4.40. The van der Waals surface area contributed by atoms with E-state index in [4.69, 9.17) is 0 Å². The minimum atomic E-state index is 0. The van der Waals surface area contributed by atoms with Gasteiger partial charge in [-0.05, 0) is 43.4 Å². The summed E-state index contributed by atoms with van der Waals surface area (Å²) in [7, 11) is 1.81. The Morgan fingerprint density at radius 3 is 2.80 bits per heavy atom. The molecule has 3 N–H and O–H groups in total. The van der Waals surface area contributed by atoms with Gasteiger partial charge in [-0.15, -0.1) is 34.2 Å². The van der Waals surface area contributed by atoms with Crippen LogP contribution in [-0.2, 0) is 25.8 Å². The summed E-state index contributed by atoms with van der Waals surface area (Å²) in [6.07, 6.45) is 8.70. The summed E-state index contributed by atoms with van der Waals surface area (Å²) in [4.78, 5) is 7.72. The Balaban J connectivity index is 0.00000256. The minimum absolute atomic E-state index is 0. The maximum absolute atomic E-state index is 4.40. The lowest BCUT2D eigenvalue weighted by molar-refractivity contribution is 0.600. The summed E-state index contributed by atoms with van der Waals surface area (Å²) in [6, 6.07) is 6.56. The first-order valence-electron chi connectivity index (χ1n) is 10.7. The normalized spacial score (nSPS) is 14.1. The van der Waals surface area contributed by atoms with Crippen molar-refractivity contribution in [1.29, 1.82) is 0 Å². The van der Waals surface area contributed by atoms with E-state index < -0.39 is 0 Å². The molecule has 3 aromatic rings. The summed E-state index contributed by atoms with van der Waals surface area (Å²) in [5.74, 6) is 3.06. The van der Waals surface area contributed by atoms with Crippen LogP contribution in [0.25, 0.3) is 10.9 Å². The molecule has 0 amide bonds. The molecule has 0 saturated heterocycles. The van der Waals surface area contributed by atoms with Crippen molar-refractivity contribution < 1.29 is 0 Å². The molecule has 0 aliphatic carbocycles. The van der Waals surface area contributed by atoms with E-state index in [2.05, 4.69) is 66.7 Å². The summed E-state index contributed by atoms with van der Waals surface area (Å²) in [5.41, 5.74) is 3.81. The maximum Gasteiger partial charge on any atom is 0.191 e. The highest BCUT2D eigenvalue weighted by Crippen LogP contribution is 2.19. The second-order valence-electron chi connectivity index (χ2n) is 7.78. The number of fused-ring (bicyclic) bond motifs is 2. The second-order valence-corrected chi connectivity index (χ2v) is 7.78. The first-order valence-corrected chi connectivity index (χ1v) is 10.7. The van der Waals surface area contributed by atoms with E-state index in [1.165, 1.54) is 41.3 Å². The Morgan fingerprint density at radius 1 is 1.13 bits per heavy atom. The Hall–Kier alpha value is -2.10. The lowest BCUT2D eigenvalue weighted by atomic mass is 10.1. The topological polar surface area (TPSA) is 82.9 Å². The van der Waals surface area contributed by atoms with Crippen LogP contribution in [0.4, 0.5) is 0 Å². The highest BCUT2D eigenvalue weighted by molar-refractivity contribution is 14.0. The molecule has 0 radical (unpaired) electrons. The van der Waals surface area contributed by atoms with Gasteiger partial charge in [0.1, 0.15) is 11.6 Å². The fourth-order valence-corrected chi connectivity index (χ4v) is 4.07. The van der Waals surface area contributed by atoms with Crippen molar-refractivity contribution in [3.63, 3.8) is 0 Å². The number of aromatic nitrogens is 4. The predicted octanol–water partition coefficient (Wildman–Crippen LogP) is 3.36. The third-order valence-electron chi connectivity index (χ3n) is 5.66. The minimum Gasteiger partial charge on any atom is -0.361 e. The molecule has 1 aliphatic rings. The first kappa shape index (κ1) is 22.6. The van der Waals surface area contributed by atoms with Crippen LogP contribution in [0.15, 0.2) is 29.4 Å². The number of H-pyrrole nitrogens is 1. The molecule has 162 valence electrons. The number of halogens is 1. The zero-order valence-electron chi connectivity index (χ0n) is 17.9. The number of aromatic amines is 1. The van der Waals surface area contributed by atoms with E-state index in [9.17, 15) is 0 Å². The van der Waals surface area contributed by atoms with Gasteiger partial charge in [0.25, 0.3) is 0 Å². The van der Waals surface area contributed by atoms with E-state index in [-0.39, 0.29) is 24.0 Å². The number of benzene rings is 1. The van der Waals surface area contributed by atoms with Gasteiger partial charge in [-0.3, -0.25) is 4.99 Å². The summed E-state index contributed by atoms with van der Waals surface area (Å²) < 4.78 is 2.31. The molecule has 0 fully saturated rings. The monoisotopic (exact) mass is 521 g/mol. The van der Waals surface area contributed by atoms with Crippen molar-refractivity contribution in [2.45, 2.75) is 52.0 Å². The van der Waals surface area contributed by atoms with Crippen LogP contribution in [0.2, 0.25) is 0 Å². The molecule has 7 nitrogen and oxygen atoms in total. The Kier molecular flexibility index (Phi) is 8.12. The van der Waals surface area contributed by atoms with Gasteiger partial charge in [0.05, 0.1) is 0 Å². The Morgan fingerprint density at radius 2 is 1.97 bits per heavy atom. The molecule has 8 heteroatoms. The molecular formula is C22H32IN7. The van der Waals surface area contributed by atoms with Crippen LogP contribution >= 0.6 is 24.0 Å². The summed E-state index contributed by atoms with van der Waals surface area (Å²) in [6.45, 7) is 4.80. The lowest BCUT2D eigenvalue weighted by Gasteiger charge is -2.12. The van der Waals surface area contributed by atoms with Crippen molar-refractivity contribution >= 4 is 40.8 Å². The third-order valence-corrected chi connectivity index (χ3v) is 5.66. The molecule has 2 aromatic heterocycles. The van der Waals surface area contributed by atoms with Crippen LogP contribution < -0.4 is 10.6 Å². The fourth-order valence-electron chi connectivity index (χ4n) is 4.07. The molecule has 0 atom stereocenters. The number of rotatable bonds is 6. The van der Waals surface area contributed by atoms with Crippen molar-refractivity contribution in [2.24, 2.45) is 4.99 Å². The van der Waals surface area contributed by atoms with Gasteiger partial charge in [-0.2, -0.15) is 0 Å². The van der Waals surface area contributed by atoms with Crippen LogP contribution in [0.1, 0.15) is 42.0 Å². The number of hydrogen-bond donors (Lipinski definition) is 3.